The Bertz CT molecular complexity index is 522. The maximum Gasteiger partial charge on any atom is 0.339 e. The second-order valence-electron chi connectivity index (χ2n) is 5.98. The minimum Gasteiger partial charge on any atom is -0.462 e. The van der Waals surface area contributed by atoms with E-state index in [2.05, 4.69) is 19.9 Å². The highest BCUT2D eigenvalue weighted by atomic mass is 16.5. The van der Waals surface area contributed by atoms with Crippen molar-refractivity contribution in [2.45, 2.75) is 57.8 Å². The molecule has 0 saturated heterocycles. The lowest BCUT2D eigenvalue weighted by Gasteiger charge is -2.19. The minimum absolute atomic E-state index is 0.218. The molecule has 2 unspecified atom stereocenters. The Balaban J connectivity index is 2.08. The summed E-state index contributed by atoms with van der Waals surface area (Å²) in [7, 11) is 0. The van der Waals surface area contributed by atoms with E-state index < -0.39 is 0 Å². The zero-order chi connectivity index (χ0) is 13.6. The highest BCUT2D eigenvalue weighted by Crippen LogP contribution is 2.52. The first-order chi connectivity index (χ1) is 9.11. The molecule has 0 amide bonds. The summed E-state index contributed by atoms with van der Waals surface area (Å²) in [4.78, 5) is 17.0. The van der Waals surface area contributed by atoms with E-state index >= 15 is 0 Å². The van der Waals surface area contributed by atoms with Crippen molar-refractivity contribution in [1.29, 1.82) is 0 Å². The number of ether oxygens (including phenoxy) is 1. The number of esters is 1. The number of hydrogen-bond donors (Lipinski definition) is 0. The molecular formula is C16H21NO2. The van der Waals surface area contributed by atoms with Crippen LogP contribution in [0.25, 0.3) is 0 Å². The molecule has 102 valence electrons. The molecule has 3 heteroatoms. The van der Waals surface area contributed by atoms with Gasteiger partial charge in [0.15, 0.2) is 0 Å². The first-order valence-electron chi connectivity index (χ1n) is 7.33. The summed E-state index contributed by atoms with van der Waals surface area (Å²) < 4.78 is 5.18. The Hall–Kier alpha value is -1.38. The van der Waals surface area contributed by atoms with Gasteiger partial charge in [-0.15, -0.1) is 0 Å². The van der Waals surface area contributed by atoms with Crippen LogP contribution in [0.4, 0.5) is 0 Å². The average Bonchev–Trinajstić information content (AvgIpc) is 2.98. The van der Waals surface area contributed by atoms with Crippen LogP contribution in [0, 0.1) is 0 Å². The van der Waals surface area contributed by atoms with Gasteiger partial charge in [-0.25, -0.2) is 4.79 Å². The van der Waals surface area contributed by atoms with Gasteiger partial charge in [0, 0.05) is 11.6 Å². The Morgan fingerprint density at radius 3 is 2.84 bits per heavy atom. The zero-order valence-electron chi connectivity index (χ0n) is 11.9. The lowest BCUT2D eigenvalue weighted by Crippen LogP contribution is -2.14. The first kappa shape index (κ1) is 12.6. The molecule has 2 bridgehead atoms. The predicted octanol–water partition coefficient (Wildman–Crippen LogP) is 3.75. The SMILES string of the molecule is CCOC(=O)c1cc2c(nc1C(C)C)C1CCC2C1. The second kappa shape index (κ2) is 4.62. The number of hydrogen-bond acceptors (Lipinski definition) is 3. The summed E-state index contributed by atoms with van der Waals surface area (Å²) >= 11 is 0. The van der Waals surface area contributed by atoms with Crippen LogP contribution < -0.4 is 0 Å². The summed E-state index contributed by atoms with van der Waals surface area (Å²) in [5.74, 6) is 1.30. The van der Waals surface area contributed by atoms with Crippen molar-refractivity contribution >= 4 is 5.97 Å². The predicted molar refractivity (Wildman–Crippen MR) is 73.6 cm³/mol. The van der Waals surface area contributed by atoms with Crippen LogP contribution in [-0.4, -0.2) is 17.6 Å². The van der Waals surface area contributed by atoms with Crippen LogP contribution in [0.5, 0.6) is 0 Å². The molecule has 0 aromatic carbocycles. The van der Waals surface area contributed by atoms with Crippen molar-refractivity contribution in [3.63, 3.8) is 0 Å². The minimum atomic E-state index is -0.218. The Morgan fingerprint density at radius 1 is 1.42 bits per heavy atom. The fourth-order valence-electron chi connectivity index (χ4n) is 3.54. The molecule has 3 rings (SSSR count). The Morgan fingerprint density at radius 2 is 2.16 bits per heavy atom. The summed E-state index contributed by atoms with van der Waals surface area (Å²) in [6.45, 7) is 6.44. The molecule has 0 spiro atoms. The van der Waals surface area contributed by atoms with Crippen molar-refractivity contribution in [1.82, 2.24) is 4.98 Å². The topological polar surface area (TPSA) is 39.2 Å². The number of carbonyl (C=O) groups excluding carboxylic acids is 1. The molecule has 1 saturated carbocycles. The normalized spacial score (nSPS) is 23.8. The second-order valence-corrected chi connectivity index (χ2v) is 5.98. The smallest absolute Gasteiger partial charge is 0.339 e. The lowest BCUT2D eigenvalue weighted by atomic mass is 9.92. The highest BCUT2D eigenvalue weighted by Gasteiger charge is 2.39. The number of aromatic nitrogens is 1. The zero-order valence-corrected chi connectivity index (χ0v) is 11.9. The highest BCUT2D eigenvalue weighted by molar-refractivity contribution is 5.91. The van der Waals surface area contributed by atoms with E-state index in [1.54, 1.807) is 0 Å². The maximum absolute atomic E-state index is 12.1. The molecule has 3 nitrogen and oxygen atoms in total. The molecule has 1 aromatic rings. The molecule has 2 atom stereocenters. The number of carbonyl (C=O) groups is 1. The largest absolute Gasteiger partial charge is 0.462 e. The molecule has 2 aliphatic carbocycles. The van der Waals surface area contributed by atoms with Gasteiger partial charge >= 0.3 is 5.97 Å². The third-order valence-electron chi connectivity index (χ3n) is 4.41. The number of rotatable bonds is 3. The number of pyridine rings is 1. The molecule has 0 N–H and O–H groups in total. The monoisotopic (exact) mass is 259 g/mol. The van der Waals surface area contributed by atoms with Crippen LogP contribution in [0.3, 0.4) is 0 Å². The molecule has 1 heterocycles. The molecule has 0 radical (unpaired) electrons. The quantitative estimate of drug-likeness (QED) is 0.776. The van der Waals surface area contributed by atoms with E-state index in [0.717, 1.165) is 5.69 Å². The van der Waals surface area contributed by atoms with Gasteiger partial charge in [-0.05, 0) is 49.7 Å². The van der Waals surface area contributed by atoms with Gasteiger partial charge in [0.1, 0.15) is 0 Å². The fraction of sp³-hybridized carbons (Fsp3) is 0.625. The lowest BCUT2D eigenvalue weighted by molar-refractivity contribution is 0.0523. The van der Waals surface area contributed by atoms with Crippen LogP contribution in [0.1, 0.15) is 85.1 Å². The van der Waals surface area contributed by atoms with Gasteiger partial charge in [-0.3, -0.25) is 4.98 Å². The van der Waals surface area contributed by atoms with Crippen molar-refractivity contribution < 1.29 is 9.53 Å². The molecule has 2 aliphatic rings. The van der Waals surface area contributed by atoms with Crippen LogP contribution in [-0.2, 0) is 4.74 Å². The molecule has 1 fully saturated rings. The van der Waals surface area contributed by atoms with Gasteiger partial charge in [0.05, 0.1) is 17.9 Å². The van der Waals surface area contributed by atoms with Crippen molar-refractivity contribution in [3.8, 4) is 0 Å². The summed E-state index contributed by atoms with van der Waals surface area (Å²) in [5.41, 5.74) is 4.16. The van der Waals surface area contributed by atoms with Crippen LogP contribution in [0.2, 0.25) is 0 Å². The van der Waals surface area contributed by atoms with Gasteiger partial charge < -0.3 is 4.74 Å². The van der Waals surface area contributed by atoms with E-state index in [4.69, 9.17) is 9.72 Å². The van der Waals surface area contributed by atoms with Gasteiger partial charge in [0.25, 0.3) is 0 Å². The van der Waals surface area contributed by atoms with E-state index in [9.17, 15) is 4.79 Å². The summed E-state index contributed by atoms with van der Waals surface area (Å²) in [6, 6.07) is 2.07. The summed E-state index contributed by atoms with van der Waals surface area (Å²) in [6.07, 6.45) is 3.75. The average molecular weight is 259 g/mol. The van der Waals surface area contributed by atoms with Crippen LogP contribution >= 0.6 is 0 Å². The van der Waals surface area contributed by atoms with Gasteiger partial charge in [-0.2, -0.15) is 0 Å². The van der Waals surface area contributed by atoms with E-state index in [0.29, 0.717) is 24.0 Å². The molecule has 1 aromatic heterocycles. The fourth-order valence-corrected chi connectivity index (χ4v) is 3.54. The maximum atomic E-state index is 12.1. The Labute approximate surface area is 114 Å². The van der Waals surface area contributed by atoms with E-state index in [1.165, 1.54) is 30.5 Å². The Kier molecular flexibility index (Phi) is 3.08. The summed E-state index contributed by atoms with van der Waals surface area (Å²) in [5, 5.41) is 0. The van der Waals surface area contributed by atoms with E-state index in [1.807, 2.05) is 6.92 Å². The van der Waals surface area contributed by atoms with Crippen LogP contribution in [0.15, 0.2) is 6.07 Å². The van der Waals surface area contributed by atoms with Gasteiger partial charge in [0.2, 0.25) is 0 Å². The number of fused-ring (bicyclic) bond motifs is 5. The third kappa shape index (κ3) is 1.96. The van der Waals surface area contributed by atoms with Crippen molar-refractivity contribution in [3.05, 3.63) is 28.6 Å². The first-order valence-corrected chi connectivity index (χ1v) is 7.33. The van der Waals surface area contributed by atoms with Gasteiger partial charge in [-0.1, -0.05) is 13.8 Å². The molecular weight excluding hydrogens is 238 g/mol. The molecule has 19 heavy (non-hydrogen) atoms. The number of nitrogens with zero attached hydrogens (tertiary/aromatic N) is 1. The standard InChI is InChI=1S/C16H21NO2/c1-4-19-16(18)13-8-12-10-5-6-11(7-10)15(12)17-14(13)9(2)3/h8-11H,4-7H2,1-3H3. The molecule has 0 aliphatic heterocycles. The van der Waals surface area contributed by atoms with E-state index in [-0.39, 0.29) is 11.9 Å². The third-order valence-corrected chi connectivity index (χ3v) is 4.41. The van der Waals surface area contributed by atoms with Crippen molar-refractivity contribution in [2.75, 3.05) is 6.61 Å². The van der Waals surface area contributed by atoms with Crippen molar-refractivity contribution in [2.24, 2.45) is 0 Å².